The molecule has 0 radical (unpaired) electrons. The molecule has 0 aliphatic rings. The predicted molar refractivity (Wildman–Crippen MR) is 47.0 cm³/mol. The van der Waals surface area contributed by atoms with Crippen molar-refractivity contribution >= 4 is 16.3 Å². The van der Waals surface area contributed by atoms with Gasteiger partial charge in [0.2, 0.25) is 0 Å². The Kier molecular flexibility index (Phi) is 2.06. The van der Waals surface area contributed by atoms with Gasteiger partial charge in [-0.2, -0.15) is 0 Å². The van der Waals surface area contributed by atoms with E-state index >= 15 is 0 Å². The van der Waals surface area contributed by atoms with E-state index in [1.807, 2.05) is 0 Å². The van der Waals surface area contributed by atoms with Gasteiger partial charge in [-0.25, -0.2) is 4.72 Å². The van der Waals surface area contributed by atoms with E-state index in [0.717, 1.165) is 12.1 Å². The van der Waals surface area contributed by atoms with E-state index in [9.17, 15) is 24.2 Å². The van der Waals surface area contributed by atoms with Crippen molar-refractivity contribution in [2.75, 3.05) is 0 Å². The highest BCUT2D eigenvalue weighted by molar-refractivity contribution is 8.44. The van der Waals surface area contributed by atoms with Gasteiger partial charge >= 0.3 is 10.4 Å². The van der Waals surface area contributed by atoms with Crippen molar-refractivity contribution in [1.82, 2.24) is 4.72 Å². The molecule has 1 N–H and O–H groups in total. The quantitative estimate of drug-likeness (QED) is 0.794. The van der Waals surface area contributed by atoms with E-state index in [2.05, 4.69) is 0 Å². The summed E-state index contributed by atoms with van der Waals surface area (Å²) in [6, 6.07) is 5.97. The zero-order chi connectivity index (χ0) is 11.8. The van der Waals surface area contributed by atoms with Crippen molar-refractivity contribution in [3.05, 3.63) is 35.9 Å². The van der Waals surface area contributed by atoms with Gasteiger partial charge in [-0.15, -0.1) is 0 Å². The van der Waals surface area contributed by atoms with Crippen LogP contribution in [0.2, 0.25) is 0 Å². The average Bonchev–Trinajstić information content (AvgIpc) is 2.00. The zero-order valence-corrected chi connectivity index (χ0v) is 7.91. The number of benzene rings is 1. The van der Waals surface area contributed by atoms with E-state index in [0.29, 0.717) is 0 Å². The lowest BCUT2D eigenvalue weighted by molar-refractivity contribution is 0.0965. The van der Waals surface area contributed by atoms with Gasteiger partial charge in [0.1, 0.15) is 0 Å². The average molecular weight is 247 g/mol. The highest BCUT2D eigenvalue weighted by atomic mass is 32.5. The smallest absolute Gasteiger partial charge is 0.268 e. The number of nitrogens with one attached hydrogen (secondary N) is 1. The molecule has 0 bridgehead atoms. The first-order valence-corrected chi connectivity index (χ1v) is 5.54. The summed E-state index contributed by atoms with van der Waals surface area (Å²) < 4.78 is 58.9. The van der Waals surface area contributed by atoms with Crippen molar-refractivity contribution in [1.29, 1.82) is 0 Å². The van der Waals surface area contributed by atoms with Gasteiger partial charge in [0.05, 0.1) is 0 Å². The molecule has 1 rings (SSSR count). The second-order valence-electron chi connectivity index (χ2n) is 2.77. The highest BCUT2D eigenvalue weighted by Crippen LogP contribution is 2.94. The fourth-order valence-electron chi connectivity index (χ4n) is 0.824. The molecule has 1 aromatic rings. The molecule has 0 atom stereocenters. The van der Waals surface area contributed by atoms with Gasteiger partial charge in [-0.1, -0.05) is 37.6 Å². The Morgan fingerprint density at radius 1 is 1.00 bits per heavy atom. The Hall–Kier alpha value is -1.31. The van der Waals surface area contributed by atoms with Crippen LogP contribution in [-0.4, -0.2) is 5.91 Å². The Morgan fingerprint density at radius 2 is 1.47 bits per heavy atom. The van der Waals surface area contributed by atoms with Gasteiger partial charge in [0.15, 0.2) is 0 Å². The maximum absolute atomic E-state index is 11.8. The Balaban J connectivity index is 2.93. The number of carbonyl (C=O) groups excluding carboxylic acids is 1. The summed E-state index contributed by atoms with van der Waals surface area (Å²) in [4.78, 5) is 10.8. The van der Waals surface area contributed by atoms with E-state index < -0.39 is 21.9 Å². The third-order valence-corrected chi connectivity index (χ3v) is 1.89. The second-order valence-corrected chi connectivity index (χ2v) is 4.91. The SMILES string of the molecule is O=C(NS(F)(F)(F)(F)F)c1ccccc1. The van der Waals surface area contributed by atoms with E-state index in [-0.39, 0.29) is 4.72 Å². The van der Waals surface area contributed by atoms with E-state index in [1.54, 1.807) is 0 Å². The number of carbonyl (C=O) groups is 1. The molecule has 0 saturated heterocycles. The van der Waals surface area contributed by atoms with E-state index in [1.165, 1.54) is 18.2 Å². The maximum Gasteiger partial charge on any atom is 0.364 e. The largest absolute Gasteiger partial charge is 0.364 e. The molecule has 0 unspecified atom stereocenters. The topological polar surface area (TPSA) is 29.1 Å². The second kappa shape index (κ2) is 2.63. The van der Waals surface area contributed by atoms with Crippen LogP contribution in [0.3, 0.4) is 0 Å². The molecule has 0 spiro atoms. The molecule has 1 aromatic carbocycles. The minimum absolute atomic E-state index is 0.166. The number of hydrogen-bond acceptors (Lipinski definition) is 1. The predicted octanol–water partition coefficient (Wildman–Crippen LogP) is 3.63. The third kappa shape index (κ3) is 4.63. The number of halogens is 5. The summed E-state index contributed by atoms with van der Waals surface area (Å²) in [5.41, 5.74) is -0.481. The van der Waals surface area contributed by atoms with Gasteiger partial charge in [-0.3, -0.25) is 4.79 Å². The van der Waals surface area contributed by atoms with Crippen molar-refractivity contribution < 1.29 is 24.2 Å². The molecule has 0 aromatic heterocycles. The maximum atomic E-state index is 11.8. The lowest BCUT2D eigenvalue weighted by Crippen LogP contribution is -2.33. The van der Waals surface area contributed by atoms with Crippen molar-refractivity contribution in [3.8, 4) is 0 Å². The van der Waals surface area contributed by atoms with Gasteiger partial charge in [-0.05, 0) is 12.1 Å². The fourth-order valence-corrected chi connectivity index (χ4v) is 1.29. The van der Waals surface area contributed by atoms with Crippen LogP contribution in [0.1, 0.15) is 10.4 Å². The third-order valence-electron chi connectivity index (χ3n) is 1.32. The molecule has 8 heteroatoms. The minimum Gasteiger partial charge on any atom is -0.268 e. The molecule has 0 aliphatic heterocycles. The Bertz CT molecular complexity index is 386. The Labute approximate surface area is 81.9 Å². The van der Waals surface area contributed by atoms with Gasteiger partial charge < -0.3 is 0 Å². The molecular formula is C7H6F5NOS. The standard InChI is InChI=1S/C7H6F5NOS/c8-15(9,10,11,12)13-7(14)6-4-2-1-3-5-6/h1-5H,(H,13,14). The number of amides is 1. The molecule has 2 nitrogen and oxygen atoms in total. The lowest BCUT2D eigenvalue weighted by Gasteiger charge is -2.40. The summed E-state index contributed by atoms with van der Waals surface area (Å²) >= 11 is 0. The number of rotatable bonds is 2. The van der Waals surface area contributed by atoms with Crippen LogP contribution in [-0.2, 0) is 0 Å². The van der Waals surface area contributed by atoms with Crippen molar-refractivity contribution in [2.24, 2.45) is 0 Å². The monoisotopic (exact) mass is 247 g/mol. The van der Waals surface area contributed by atoms with Crippen LogP contribution >= 0.6 is 10.4 Å². The molecule has 15 heavy (non-hydrogen) atoms. The van der Waals surface area contributed by atoms with Gasteiger partial charge in [0.25, 0.3) is 5.91 Å². The summed E-state index contributed by atoms with van der Waals surface area (Å²) in [5.74, 6) is -1.87. The zero-order valence-electron chi connectivity index (χ0n) is 7.09. The van der Waals surface area contributed by atoms with Gasteiger partial charge in [0, 0.05) is 5.56 Å². The normalized spacial score (nSPS) is 16.3. The lowest BCUT2D eigenvalue weighted by atomic mass is 10.2. The molecule has 0 fully saturated rings. The number of hydrogen-bond donors (Lipinski definition) is 1. The van der Waals surface area contributed by atoms with Crippen LogP contribution in [0.5, 0.6) is 0 Å². The fraction of sp³-hybridized carbons (Fsp3) is 0. The molecule has 0 heterocycles. The van der Waals surface area contributed by atoms with Crippen molar-refractivity contribution in [3.63, 3.8) is 0 Å². The van der Waals surface area contributed by atoms with Crippen LogP contribution in [0.4, 0.5) is 19.4 Å². The molecule has 1 amide bonds. The van der Waals surface area contributed by atoms with Crippen molar-refractivity contribution in [2.45, 2.75) is 0 Å². The molecule has 0 saturated carbocycles. The summed E-state index contributed by atoms with van der Waals surface area (Å²) in [7, 11) is -9.90. The molecule has 0 aliphatic carbocycles. The van der Waals surface area contributed by atoms with E-state index in [4.69, 9.17) is 0 Å². The minimum atomic E-state index is -9.90. The van der Waals surface area contributed by atoms with Crippen LogP contribution in [0, 0.1) is 0 Å². The summed E-state index contributed by atoms with van der Waals surface area (Å²) in [6.07, 6.45) is 0. The van der Waals surface area contributed by atoms with Crippen LogP contribution in [0.25, 0.3) is 0 Å². The molecule has 86 valence electrons. The Morgan fingerprint density at radius 3 is 1.87 bits per heavy atom. The van der Waals surface area contributed by atoms with Crippen LogP contribution < -0.4 is 4.72 Å². The summed E-state index contributed by atoms with van der Waals surface area (Å²) in [6.45, 7) is 0. The first-order chi connectivity index (χ1) is 6.47. The first kappa shape index (κ1) is 11.8. The summed E-state index contributed by atoms with van der Waals surface area (Å²) in [5, 5.41) is 0. The van der Waals surface area contributed by atoms with Crippen LogP contribution in [0.15, 0.2) is 30.3 Å². The molecular weight excluding hydrogens is 241 g/mol. The highest BCUT2D eigenvalue weighted by Gasteiger charge is 2.65. The first-order valence-electron chi connectivity index (χ1n) is 3.59.